The van der Waals surface area contributed by atoms with E-state index in [0.717, 1.165) is 12.4 Å². The Balaban J connectivity index is 1.71. The van der Waals surface area contributed by atoms with Crippen LogP contribution in [0, 0.1) is 0 Å². The highest BCUT2D eigenvalue weighted by molar-refractivity contribution is 7.88. The summed E-state index contributed by atoms with van der Waals surface area (Å²) in [6, 6.07) is 13.6. The molecule has 0 saturated carbocycles. The predicted molar refractivity (Wildman–Crippen MR) is 117 cm³/mol. The Labute approximate surface area is 190 Å². The zero-order chi connectivity index (χ0) is 24.5. The van der Waals surface area contributed by atoms with Crippen LogP contribution in [0.25, 0.3) is 22.0 Å². The molecule has 9 nitrogen and oxygen atoms in total. The Hall–Kier alpha value is -4.26. The zero-order valence-corrected chi connectivity index (χ0v) is 17.8. The highest BCUT2D eigenvalue weighted by atomic mass is 32.2. The van der Waals surface area contributed by atoms with E-state index in [2.05, 4.69) is 24.5 Å². The number of benzene rings is 2. The Bertz CT molecular complexity index is 1480. The number of fused-ring (bicyclic) bond motifs is 1. The van der Waals surface area contributed by atoms with E-state index < -0.39 is 27.3 Å². The number of halogens is 3. The van der Waals surface area contributed by atoms with Gasteiger partial charge < -0.3 is 15.2 Å². The Morgan fingerprint density at radius 3 is 2.35 bits per heavy atom. The molecule has 0 aliphatic rings. The first-order valence-corrected chi connectivity index (χ1v) is 10.8. The minimum atomic E-state index is -5.92. The van der Waals surface area contributed by atoms with E-state index in [-0.39, 0.29) is 16.7 Å². The molecular formula is C21H14F3N5O4S. The second-order valence-corrected chi connectivity index (χ2v) is 8.36. The number of amides is 1. The standard InChI is InChI=1S/C21H14F3N5O4S/c22-21(23,24)34(31,32)33-15-9-8-14(17-18(15)27-11-28-19(17)25)12-4-6-13(7-5-12)20(30)29-16-3-1-2-10-26-16/h1-11H,(H2,25,27,28)(H,26,29,30). The van der Waals surface area contributed by atoms with E-state index >= 15 is 0 Å². The molecule has 0 saturated heterocycles. The van der Waals surface area contributed by atoms with Crippen molar-refractivity contribution in [2.75, 3.05) is 11.1 Å². The van der Waals surface area contributed by atoms with Crippen molar-refractivity contribution in [3.8, 4) is 16.9 Å². The number of nitrogen functional groups attached to an aromatic ring is 1. The van der Waals surface area contributed by atoms with Gasteiger partial charge in [0, 0.05) is 11.8 Å². The van der Waals surface area contributed by atoms with Crippen molar-refractivity contribution in [3.05, 3.63) is 72.7 Å². The molecule has 34 heavy (non-hydrogen) atoms. The maximum Gasteiger partial charge on any atom is 0.534 e. The molecule has 0 unspecified atom stereocenters. The summed E-state index contributed by atoms with van der Waals surface area (Å²) in [5.74, 6) is -0.792. The maximum absolute atomic E-state index is 12.8. The number of rotatable bonds is 5. The van der Waals surface area contributed by atoms with Gasteiger partial charge in [0.2, 0.25) is 0 Å². The Kier molecular flexibility index (Phi) is 5.79. The predicted octanol–water partition coefficient (Wildman–Crippen LogP) is 3.75. The van der Waals surface area contributed by atoms with E-state index in [4.69, 9.17) is 5.73 Å². The van der Waals surface area contributed by atoms with Crippen molar-refractivity contribution < 1.29 is 30.6 Å². The molecule has 0 radical (unpaired) electrons. The molecule has 2 aromatic carbocycles. The van der Waals surface area contributed by atoms with Crippen LogP contribution in [-0.2, 0) is 10.1 Å². The van der Waals surface area contributed by atoms with Crippen LogP contribution in [0.1, 0.15) is 10.4 Å². The largest absolute Gasteiger partial charge is 0.534 e. The summed E-state index contributed by atoms with van der Waals surface area (Å²) < 4.78 is 65.6. The summed E-state index contributed by atoms with van der Waals surface area (Å²) in [4.78, 5) is 24.2. The van der Waals surface area contributed by atoms with Gasteiger partial charge in [0.15, 0.2) is 5.75 Å². The third-order valence-corrected chi connectivity index (χ3v) is 5.59. The third kappa shape index (κ3) is 4.45. The number of hydrogen-bond donors (Lipinski definition) is 2. The fraction of sp³-hybridized carbons (Fsp3) is 0.0476. The van der Waals surface area contributed by atoms with Gasteiger partial charge in [-0.1, -0.05) is 18.2 Å². The van der Waals surface area contributed by atoms with Gasteiger partial charge in [0.05, 0.1) is 5.39 Å². The van der Waals surface area contributed by atoms with Crippen LogP contribution in [0.5, 0.6) is 5.75 Å². The van der Waals surface area contributed by atoms with E-state index in [1.54, 1.807) is 30.3 Å². The normalized spacial score (nSPS) is 11.9. The van der Waals surface area contributed by atoms with Crippen molar-refractivity contribution in [1.82, 2.24) is 15.0 Å². The van der Waals surface area contributed by atoms with Gasteiger partial charge in [-0.3, -0.25) is 4.79 Å². The van der Waals surface area contributed by atoms with Crippen molar-refractivity contribution in [1.29, 1.82) is 0 Å². The van der Waals surface area contributed by atoms with Crippen molar-refractivity contribution in [2.45, 2.75) is 5.51 Å². The minimum Gasteiger partial charge on any atom is -0.383 e. The first-order valence-electron chi connectivity index (χ1n) is 9.43. The number of hydrogen-bond acceptors (Lipinski definition) is 8. The average molecular weight is 489 g/mol. The topological polar surface area (TPSA) is 137 Å². The molecular weight excluding hydrogens is 475 g/mol. The number of alkyl halides is 3. The SMILES string of the molecule is Nc1ncnc2c(OS(=O)(=O)C(F)(F)F)ccc(-c3ccc(C(=O)Nc4ccccn4)cc3)c12. The van der Waals surface area contributed by atoms with Crippen LogP contribution in [0.4, 0.5) is 24.8 Å². The molecule has 4 aromatic rings. The summed E-state index contributed by atoms with van der Waals surface area (Å²) in [5, 5.41) is 2.73. The molecule has 0 spiro atoms. The highest BCUT2D eigenvalue weighted by Crippen LogP contribution is 2.38. The molecule has 13 heteroatoms. The molecule has 0 aliphatic carbocycles. The Morgan fingerprint density at radius 1 is 0.971 bits per heavy atom. The number of carbonyl (C=O) groups excluding carboxylic acids is 1. The zero-order valence-electron chi connectivity index (χ0n) is 16.9. The third-order valence-electron chi connectivity index (χ3n) is 4.63. The molecule has 174 valence electrons. The molecule has 2 heterocycles. The number of carbonyl (C=O) groups is 1. The van der Waals surface area contributed by atoms with Crippen molar-refractivity contribution in [2.24, 2.45) is 0 Å². The van der Waals surface area contributed by atoms with Gasteiger partial charge in [0.25, 0.3) is 5.91 Å². The summed E-state index contributed by atoms with van der Waals surface area (Å²) in [6.07, 6.45) is 2.50. The van der Waals surface area contributed by atoms with Gasteiger partial charge in [-0.05, 0) is 47.5 Å². The van der Waals surface area contributed by atoms with Crippen LogP contribution >= 0.6 is 0 Å². The number of anilines is 2. The molecule has 2 aromatic heterocycles. The van der Waals surface area contributed by atoms with Crippen LogP contribution in [0.15, 0.2) is 67.1 Å². The van der Waals surface area contributed by atoms with E-state index in [9.17, 15) is 26.4 Å². The average Bonchev–Trinajstić information content (AvgIpc) is 2.79. The lowest BCUT2D eigenvalue weighted by atomic mass is 9.99. The number of pyridine rings is 1. The van der Waals surface area contributed by atoms with E-state index in [0.29, 0.717) is 22.5 Å². The lowest BCUT2D eigenvalue weighted by molar-refractivity contribution is -0.0499. The molecule has 0 bridgehead atoms. The second kappa shape index (κ2) is 8.59. The molecule has 0 aliphatic heterocycles. The van der Waals surface area contributed by atoms with Gasteiger partial charge in [-0.15, -0.1) is 0 Å². The quantitative estimate of drug-likeness (QED) is 0.319. The molecule has 0 atom stereocenters. The Morgan fingerprint density at radius 2 is 1.71 bits per heavy atom. The first-order chi connectivity index (χ1) is 16.1. The van der Waals surface area contributed by atoms with Gasteiger partial charge in [0.1, 0.15) is 23.5 Å². The summed E-state index contributed by atoms with van der Waals surface area (Å²) in [6.45, 7) is 0. The first kappa shape index (κ1) is 22.9. The minimum absolute atomic E-state index is 0.0862. The fourth-order valence-corrected chi connectivity index (χ4v) is 3.54. The van der Waals surface area contributed by atoms with Crippen LogP contribution in [0.2, 0.25) is 0 Å². The molecule has 0 fully saturated rings. The van der Waals surface area contributed by atoms with E-state index in [1.807, 2.05) is 0 Å². The second-order valence-electron chi connectivity index (χ2n) is 6.82. The molecule has 1 amide bonds. The lowest BCUT2D eigenvalue weighted by Crippen LogP contribution is -2.28. The van der Waals surface area contributed by atoms with Crippen molar-refractivity contribution in [3.63, 3.8) is 0 Å². The monoisotopic (exact) mass is 489 g/mol. The van der Waals surface area contributed by atoms with E-state index in [1.165, 1.54) is 24.4 Å². The summed E-state index contributed by atoms with van der Waals surface area (Å²) in [7, 11) is -5.92. The summed E-state index contributed by atoms with van der Waals surface area (Å²) >= 11 is 0. The number of aromatic nitrogens is 3. The van der Waals surface area contributed by atoms with Gasteiger partial charge in [-0.25, -0.2) is 15.0 Å². The van der Waals surface area contributed by atoms with Crippen molar-refractivity contribution >= 4 is 38.6 Å². The fourth-order valence-electron chi connectivity index (χ4n) is 3.07. The van der Waals surface area contributed by atoms with Gasteiger partial charge >= 0.3 is 15.6 Å². The lowest BCUT2D eigenvalue weighted by Gasteiger charge is -2.14. The molecule has 3 N–H and O–H groups in total. The van der Waals surface area contributed by atoms with Crippen LogP contribution in [-0.4, -0.2) is 34.8 Å². The highest BCUT2D eigenvalue weighted by Gasteiger charge is 2.48. The number of nitrogens with one attached hydrogen (secondary N) is 1. The number of nitrogens with two attached hydrogens (primary N) is 1. The number of nitrogens with zero attached hydrogens (tertiary/aromatic N) is 3. The summed E-state index contributed by atoms with van der Waals surface area (Å²) in [5.41, 5.74) is 1.31. The molecule has 4 rings (SSSR count). The van der Waals surface area contributed by atoms with Crippen LogP contribution in [0.3, 0.4) is 0 Å². The van der Waals surface area contributed by atoms with Crippen LogP contribution < -0.4 is 15.2 Å². The smallest absolute Gasteiger partial charge is 0.383 e. The van der Waals surface area contributed by atoms with Gasteiger partial charge in [-0.2, -0.15) is 21.6 Å². The maximum atomic E-state index is 12.8.